The highest BCUT2D eigenvalue weighted by Gasteiger charge is 2.21. The van der Waals surface area contributed by atoms with Crippen LogP contribution in [0.25, 0.3) is 0 Å². The zero-order chi connectivity index (χ0) is 10.5. The van der Waals surface area contributed by atoms with E-state index in [2.05, 4.69) is 33.0 Å². The standard InChI is InChI=1S/C10H24N2O/c1-8(2)12-9(7-11)6-10(3,4)13-5/h8-9,12H,6-7,11H2,1-5H3. The molecule has 0 amide bonds. The molecule has 0 spiro atoms. The van der Waals surface area contributed by atoms with Crippen LogP contribution in [-0.4, -0.2) is 31.3 Å². The van der Waals surface area contributed by atoms with Crippen molar-refractivity contribution in [2.24, 2.45) is 5.73 Å². The van der Waals surface area contributed by atoms with Gasteiger partial charge in [0.05, 0.1) is 5.60 Å². The molecule has 3 nitrogen and oxygen atoms in total. The van der Waals surface area contributed by atoms with Crippen LogP contribution < -0.4 is 11.1 Å². The van der Waals surface area contributed by atoms with E-state index in [0.717, 1.165) is 6.42 Å². The van der Waals surface area contributed by atoms with Crippen molar-refractivity contribution in [3.63, 3.8) is 0 Å². The Kier molecular flexibility index (Phi) is 5.53. The lowest BCUT2D eigenvalue weighted by molar-refractivity contribution is 0.00719. The number of nitrogens with two attached hydrogens (primary N) is 1. The van der Waals surface area contributed by atoms with Crippen molar-refractivity contribution in [2.45, 2.75) is 51.8 Å². The van der Waals surface area contributed by atoms with E-state index in [-0.39, 0.29) is 5.60 Å². The van der Waals surface area contributed by atoms with E-state index in [4.69, 9.17) is 10.5 Å². The quantitative estimate of drug-likeness (QED) is 0.657. The van der Waals surface area contributed by atoms with Crippen molar-refractivity contribution in [1.82, 2.24) is 5.32 Å². The molecule has 0 aliphatic rings. The van der Waals surface area contributed by atoms with Crippen molar-refractivity contribution in [3.8, 4) is 0 Å². The van der Waals surface area contributed by atoms with Crippen molar-refractivity contribution < 1.29 is 4.74 Å². The van der Waals surface area contributed by atoms with Gasteiger partial charge >= 0.3 is 0 Å². The maximum Gasteiger partial charge on any atom is 0.0638 e. The molecule has 0 aliphatic carbocycles. The van der Waals surface area contributed by atoms with Crippen LogP contribution in [-0.2, 0) is 4.74 Å². The zero-order valence-corrected chi connectivity index (χ0v) is 9.55. The van der Waals surface area contributed by atoms with Crippen LogP contribution in [0.4, 0.5) is 0 Å². The maximum atomic E-state index is 5.66. The molecule has 0 aromatic carbocycles. The Morgan fingerprint density at radius 3 is 2.23 bits per heavy atom. The molecule has 0 saturated carbocycles. The minimum atomic E-state index is -0.0913. The van der Waals surface area contributed by atoms with Crippen molar-refractivity contribution in [3.05, 3.63) is 0 Å². The fourth-order valence-electron chi connectivity index (χ4n) is 1.36. The largest absolute Gasteiger partial charge is 0.379 e. The lowest BCUT2D eigenvalue weighted by Gasteiger charge is -2.29. The van der Waals surface area contributed by atoms with E-state index in [1.165, 1.54) is 0 Å². The highest BCUT2D eigenvalue weighted by Crippen LogP contribution is 2.15. The molecule has 0 aromatic heterocycles. The van der Waals surface area contributed by atoms with Gasteiger partial charge in [0.1, 0.15) is 0 Å². The zero-order valence-electron chi connectivity index (χ0n) is 9.55. The minimum Gasteiger partial charge on any atom is -0.379 e. The molecule has 0 aromatic rings. The van der Waals surface area contributed by atoms with Gasteiger partial charge in [0.25, 0.3) is 0 Å². The Balaban J connectivity index is 3.97. The number of nitrogens with one attached hydrogen (secondary N) is 1. The molecule has 0 saturated heterocycles. The van der Waals surface area contributed by atoms with E-state index in [9.17, 15) is 0 Å². The summed E-state index contributed by atoms with van der Waals surface area (Å²) in [6, 6.07) is 0.816. The summed E-state index contributed by atoms with van der Waals surface area (Å²) in [4.78, 5) is 0. The van der Waals surface area contributed by atoms with Gasteiger partial charge < -0.3 is 15.8 Å². The fraction of sp³-hybridized carbons (Fsp3) is 1.00. The normalized spacial score (nSPS) is 15.0. The van der Waals surface area contributed by atoms with Gasteiger partial charge in [-0.3, -0.25) is 0 Å². The molecule has 3 N–H and O–H groups in total. The van der Waals surface area contributed by atoms with E-state index < -0.39 is 0 Å². The first-order valence-corrected chi connectivity index (χ1v) is 4.92. The lowest BCUT2D eigenvalue weighted by atomic mass is 9.98. The van der Waals surface area contributed by atoms with Crippen LogP contribution >= 0.6 is 0 Å². The molecule has 0 fully saturated rings. The van der Waals surface area contributed by atoms with Gasteiger partial charge in [-0.15, -0.1) is 0 Å². The minimum absolute atomic E-state index is 0.0913. The summed E-state index contributed by atoms with van der Waals surface area (Å²) >= 11 is 0. The van der Waals surface area contributed by atoms with Crippen molar-refractivity contribution >= 4 is 0 Å². The average Bonchev–Trinajstić information content (AvgIpc) is 2.02. The second kappa shape index (κ2) is 5.58. The number of hydrogen-bond acceptors (Lipinski definition) is 3. The molecular weight excluding hydrogens is 164 g/mol. The summed E-state index contributed by atoms with van der Waals surface area (Å²) in [6.07, 6.45) is 0.943. The molecular formula is C10H24N2O. The SMILES string of the molecule is COC(C)(C)CC(CN)NC(C)C. The van der Waals surface area contributed by atoms with Crippen LogP contribution in [0.3, 0.4) is 0 Å². The smallest absolute Gasteiger partial charge is 0.0638 e. The first-order valence-electron chi connectivity index (χ1n) is 4.92. The van der Waals surface area contributed by atoms with Gasteiger partial charge in [0.2, 0.25) is 0 Å². The monoisotopic (exact) mass is 188 g/mol. The summed E-state index contributed by atoms with van der Waals surface area (Å²) in [6.45, 7) is 9.07. The molecule has 0 aliphatic heterocycles. The number of rotatable bonds is 6. The maximum absolute atomic E-state index is 5.66. The molecule has 80 valence electrons. The summed E-state index contributed by atoms with van der Waals surface area (Å²) in [5.74, 6) is 0. The Bertz CT molecular complexity index is 135. The van der Waals surface area contributed by atoms with Gasteiger partial charge in [0, 0.05) is 25.7 Å². The van der Waals surface area contributed by atoms with E-state index >= 15 is 0 Å². The number of hydrogen-bond donors (Lipinski definition) is 2. The van der Waals surface area contributed by atoms with Crippen LogP contribution in [0.1, 0.15) is 34.1 Å². The van der Waals surface area contributed by atoms with E-state index in [1.807, 2.05) is 0 Å². The van der Waals surface area contributed by atoms with Crippen molar-refractivity contribution in [1.29, 1.82) is 0 Å². The van der Waals surface area contributed by atoms with Gasteiger partial charge in [-0.1, -0.05) is 13.8 Å². The molecule has 0 radical (unpaired) electrons. The first kappa shape index (κ1) is 12.9. The molecule has 1 atom stereocenters. The molecule has 13 heavy (non-hydrogen) atoms. The third-order valence-electron chi connectivity index (χ3n) is 2.14. The van der Waals surface area contributed by atoms with Crippen molar-refractivity contribution in [2.75, 3.05) is 13.7 Å². The summed E-state index contributed by atoms with van der Waals surface area (Å²) < 4.78 is 5.36. The highest BCUT2D eigenvalue weighted by molar-refractivity contribution is 4.79. The van der Waals surface area contributed by atoms with Crippen LogP contribution in [0, 0.1) is 0 Å². The lowest BCUT2D eigenvalue weighted by Crippen LogP contribution is -2.45. The molecule has 0 heterocycles. The first-order chi connectivity index (χ1) is 5.91. The predicted octanol–water partition coefficient (Wildman–Crippen LogP) is 1.13. The second-order valence-corrected chi connectivity index (χ2v) is 4.42. The summed E-state index contributed by atoms with van der Waals surface area (Å²) in [5.41, 5.74) is 5.57. The molecule has 0 bridgehead atoms. The Morgan fingerprint density at radius 2 is 1.92 bits per heavy atom. The third kappa shape index (κ3) is 6.02. The number of methoxy groups -OCH3 is 1. The molecule has 3 heteroatoms. The Morgan fingerprint density at radius 1 is 1.38 bits per heavy atom. The Labute approximate surface area is 82.0 Å². The average molecular weight is 188 g/mol. The highest BCUT2D eigenvalue weighted by atomic mass is 16.5. The van der Waals surface area contributed by atoms with Crippen LogP contribution in [0.5, 0.6) is 0 Å². The Hall–Kier alpha value is -0.120. The van der Waals surface area contributed by atoms with Gasteiger partial charge in [-0.05, 0) is 20.3 Å². The van der Waals surface area contributed by atoms with Gasteiger partial charge in [-0.2, -0.15) is 0 Å². The predicted molar refractivity (Wildman–Crippen MR) is 56.8 cm³/mol. The summed E-state index contributed by atoms with van der Waals surface area (Å²) in [7, 11) is 1.74. The van der Waals surface area contributed by atoms with Gasteiger partial charge in [0.15, 0.2) is 0 Å². The van der Waals surface area contributed by atoms with Crippen LogP contribution in [0.2, 0.25) is 0 Å². The third-order valence-corrected chi connectivity index (χ3v) is 2.14. The topological polar surface area (TPSA) is 47.3 Å². The summed E-state index contributed by atoms with van der Waals surface area (Å²) in [5, 5.41) is 3.41. The fourth-order valence-corrected chi connectivity index (χ4v) is 1.36. The van der Waals surface area contributed by atoms with E-state index in [1.54, 1.807) is 7.11 Å². The molecule has 1 unspecified atom stereocenters. The second-order valence-electron chi connectivity index (χ2n) is 4.42. The molecule has 0 rings (SSSR count). The van der Waals surface area contributed by atoms with Gasteiger partial charge in [-0.25, -0.2) is 0 Å². The van der Waals surface area contributed by atoms with E-state index in [0.29, 0.717) is 18.6 Å². The number of ether oxygens (including phenoxy) is 1. The van der Waals surface area contributed by atoms with Crippen LogP contribution in [0.15, 0.2) is 0 Å².